The van der Waals surface area contributed by atoms with E-state index in [1.807, 2.05) is 0 Å². The molecule has 0 aliphatic heterocycles. The van der Waals surface area contributed by atoms with Crippen molar-refractivity contribution < 1.29 is 0 Å². The summed E-state index contributed by atoms with van der Waals surface area (Å²) in [5.41, 5.74) is 2.42. The van der Waals surface area contributed by atoms with Crippen LogP contribution in [0.1, 0.15) is 32.3 Å². The van der Waals surface area contributed by atoms with Crippen LogP contribution in [0.25, 0.3) is 0 Å². The van der Waals surface area contributed by atoms with Crippen molar-refractivity contribution in [3.05, 3.63) is 33.4 Å². The molecule has 0 amide bonds. The Hall–Kier alpha value is -0.380. The zero-order chi connectivity index (χ0) is 10.4. The zero-order valence-corrected chi connectivity index (χ0v) is 10.9. The van der Waals surface area contributed by atoms with Crippen molar-refractivity contribution in [1.82, 2.24) is 0 Å². The van der Waals surface area contributed by atoms with Crippen LogP contribution in [0.4, 0.5) is 0 Å². The third kappa shape index (κ3) is 3.40. The Kier molecular flexibility index (Phi) is 5.15. The fraction of sp³-hybridized carbons (Fsp3) is 0.417. The molecular formula is C12H16IN. The van der Waals surface area contributed by atoms with E-state index in [2.05, 4.69) is 65.7 Å². The van der Waals surface area contributed by atoms with Gasteiger partial charge in [-0.1, -0.05) is 31.5 Å². The molecule has 0 saturated heterocycles. The van der Waals surface area contributed by atoms with Crippen molar-refractivity contribution in [3.63, 3.8) is 0 Å². The van der Waals surface area contributed by atoms with E-state index in [0.717, 1.165) is 12.3 Å². The number of aliphatic imine (C=N–C) groups is 1. The van der Waals surface area contributed by atoms with Crippen LogP contribution in [-0.2, 0) is 0 Å². The first kappa shape index (κ1) is 11.7. The average molecular weight is 301 g/mol. The minimum absolute atomic E-state index is 0.952. The maximum Gasteiger partial charge on any atom is 0.0400 e. The van der Waals surface area contributed by atoms with E-state index >= 15 is 0 Å². The molecule has 0 radical (unpaired) electrons. The van der Waals surface area contributed by atoms with Gasteiger partial charge < -0.3 is 0 Å². The van der Waals surface area contributed by atoms with E-state index in [0.29, 0.717) is 0 Å². The van der Waals surface area contributed by atoms with E-state index in [4.69, 9.17) is 0 Å². The summed E-state index contributed by atoms with van der Waals surface area (Å²) < 4.78 is 1.28. The summed E-state index contributed by atoms with van der Waals surface area (Å²) in [7, 11) is 0. The first-order chi connectivity index (χ1) is 6.75. The maximum absolute atomic E-state index is 4.56. The molecule has 0 aliphatic rings. The van der Waals surface area contributed by atoms with Crippen molar-refractivity contribution in [3.8, 4) is 0 Å². The topological polar surface area (TPSA) is 12.4 Å². The summed E-state index contributed by atoms with van der Waals surface area (Å²) in [5.74, 6) is 0. The standard InChI is InChI=1S/C12H16IN/c1-3-4-9-14-10(2)11-7-5-6-8-12(11)13/h5-8H,3-4,9H2,1-2H3. The molecule has 0 fully saturated rings. The van der Waals surface area contributed by atoms with Gasteiger partial charge in [0.1, 0.15) is 0 Å². The van der Waals surface area contributed by atoms with Gasteiger partial charge in [-0.3, -0.25) is 4.99 Å². The average Bonchev–Trinajstić information content (AvgIpc) is 2.18. The minimum atomic E-state index is 0.952. The van der Waals surface area contributed by atoms with E-state index in [1.165, 1.54) is 22.0 Å². The van der Waals surface area contributed by atoms with Crippen LogP contribution in [0.5, 0.6) is 0 Å². The Morgan fingerprint density at radius 3 is 2.71 bits per heavy atom. The van der Waals surface area contributed by atoms with E-state index in [1.54, 1.807) is 0 Å². The van der Waals surface area contributed by atoms with Gasteiger partial charge in [-0.05, 0) is 42.0 Å². The molecule has 1 aromatic carbocycles. The Balaban J connectivity index is 2.73. The lowest BCUT2D eigenvalue weighted by molar-refractivity contribution is 0.808. The molecular weight excluding hydrogens is 285 g/mol. The highest BCUT2D eigenvalue weighted by atomic mass is 127. The van der Waals surface area contributed by atoms with Gasteiger partial charge in [0.2, 0.25) is 0 Å². The van der Waals surface area contributed by atoms with Crippen molar-refractivity contribution >= 4 is 28.3 Å². The molecule has 0 aromatic heterocycles. The molecule has 0 heterocycles. The van der Waals surface area contributed by atoms with Crippen LogP contribution >= 0.6 is 22.6 Å². The van der Waals surface area contributed by atoms with Crippen LogP contribution in [0.3, 0.4) is 0 Å². The molecule has 14 heavy (non-hydrogen) atoms. The highest BCUT2D eigenvalue weighted by Gasteiger charge is 2.00. The summed E-state index contributed by atoms with van der Waals surface area (Å²) in [6.45, 7) is 5.23. The molecule has 0 atom stereocenters. The first-order valence-corrected chi connectivity index (χ1v) is 6.09. The second-order valence-electron chi connectivity index (χ2n) is 3.30. The van der Waals surface area contributed by atoms with Gasteiger partial charge in [-0.25, -0.2) is 0 Å². The Labute approximate surface area is 99.8 Å². The minimum Gasteiger partial charge on any atom is -0.289 e. The van der Waals surface area contributed by atoms with E-state index < -0.39 is 0 Å². The number of rotatable bonds is 4. The third-order valence-corrected chi connectivity index (χ3v) is 3.06. The van der Waals surface area contributed by atoms with Crippen LogP contribution in [0, 0.1) is 3.57 Å². The van der Waals surface area contributed by atoms with E-state index in [-0.39, 0.29) is 0 Å². The maximum atomic E-state index is 4.56. The molecule has 2 heteroatoms. The number of benzene rings is 1. The normalized spacial score (nSPS) is 11.8. The lowest BCUT2D eigenvalue weighted by Crippen LogP contribution is -1.98. The number of unbranched alkanes of at least 4 members (excludes halogenated alkanes) is 1. The van der Waals surface area contributed by atoms with Gasteiger partial charge in [-0.15, -0.1) is 0 Å². The smallest absolute Gasteiger partial charge is 0.0400 e. The van der Waals surface area contributed by atoms with Crippen LogP contribution < -0.4 is 0 Å². The lowest BCUT2D eigenvalue weighted by Gasteiger charge is -2.03. The summed E-state index contributed by atoms with van der Waals surface area (Å²) in [5, 5.41) is 0. The number of nitrogens with zero attached hydrogens (tertiary/aromatic N) is 1. The molecule has 1 rings (SSSR count). The van der Waals surface area contributed by atoms with Gasteiger partial charge in [0.25, 0.3) is 0 Å². The lowest BCUT2D eigenvalue weighted by atomic mass is 10.1. The Morgan fingerprint density at radius 2 is 2.07 bits per heavy atom. The molecule has 0 N–H and O–H groups in total. The van der Waals surface area contributed by atoms with Gasteiger partial charge in [0, 0.05) is 21.4 Å². The van der Waals surface area contributed by atoms with Crippen molar-refractivity contribution in [2.24, 2.45) is 4.99 Å². The number of hydrogen-bond donors (Lipinski definition) is 0. The predicted molar refractivity (Wildman–Crippen MR) is 71.1 cm³/mol. The van der Waals surface area contributed by atoms with Gasteiger partial charge >= 0.3 is 0 Å². The first-order valence-electron chi connectivity index (χ1n) is 5.01. The quantitative estimate of drug-likeness (QED) is 0.454. The molecule has 76 valence electrons. The molecule has 0 bridgehead atoms. The number of hydrogen-bond acceptors (Lipinski definition) is 1. The largest absolute Gasteiger partial charge is 0.289 e. The zero-order valence-electron chi connectivity index (χ0n) is 8.76. The van der Waals surface area contributed by atoms with E-state index in [9.17, 15) is 0 Å². The summed E-state index contributed by atoms with van der Waals surface area (Å²) >= 11 is 2.36. The second kappa shape index (κ2) is 6.17. The van der Waals surface area contributed by atoms with Crippen molar-refractivity contribution in [2.75, 3.05) is 6.54 Å². The van der Waals surface area contributed by atoms with Crippen LogP contribution in [-0.4, -0.2) is 12.3 Å². The highest BCUT2D eigenvalue weighted by molar-refractivity contribution is 14.1. The Bertz CT molecular complexity index is 318. The predicted octanol–water partition coefficient (Wildman–Crippen LogP) is 3.90. The van der Waals surface area contributed by atoms with Crippen LogP contribution in [0.2, 0.25) is 0 Å². The van der Waals surface area contributed by atoms with Crippen molar-refractivity contribution in [2.45, 2.75) is 26.7 Å². The van der Waals surface area contributed by atoms with Gasteiger partial charge in [0.05, 0.1) is 0 Å². The summed E-state index contributed by atoms with van der Waals surface area (Å²) in [6, 6.07) is 8.38. The molecule has 0 aliphatic carbocycles. The highest BCUT2D eigenvalue weighted by Crippen LogP contribution is 2.12. The molecule has 1 aromatic rings. The SMILES string of the molecule is CCCCN=C(C)c1ccccc1I. The van der Waals surface area contributed by atoms with Gasteiger partial charge in [-0.2, -0.15) is 0 Å². The molecule has 0 saturated carbocycles. The molecule has 1 nitrogen and oxygen atoms in total. The fourth-order valence-electron chi connectivity index (χ4n) is 1.24. The monoisotopic (exact) mass is 301 g/mol. The second-order valence-corrected chi connectivity index (χ2v) is 4.46. The van der Waals surface area contributed by atoms with Crippen molar-refractivity contribution in [1.29, 1.82) is 0 Å². The molecule has 0 spiro atoms. The summed E-state index contributed by atoms with van der Waals surface area (Å²) in [6.07, 6.45) is 2.39. The van der Waals surface area contributed by atoms with Gasteiger partial charge in [0.15, 0.2) is 0 Å². The summed E-state index contributed by atoms with van der Waals surface area (Å²) in [4.78, 5) is 4.56. The molecule has 0 unspecified atom stereocenters. The Morgan fingerprint density at radius 1 is 1.36 bits per heavy atom. The fourth-order valence-corrected chi connectivity index (χ4v) is 2.02. The third-order valence-electron chi connectivity index (χ3n) is 2.12. The van der Waals surface area contributed by atoms with Crippen LogP contribution in [0.15, 0.2) is 29.3 Å². The number of halogens is 1.